The van der Waals surface area contributed by atoms with Gasteiger partial charge >= 0.3 is 0 Å². The minimum Gasteiger partial charge on any atom is -0.352 e. The van der Waals surface area contributed by atoms with E-state index in [-0.39, 0.29) is 24.3 Å². The molecule has 25 heavy (non-hydrogen) atoms. The lowest BCUT2D eigenvalue weighted by molar-refractivity contribution is -0.125. The molecule has 1 fully saturated rings. The Labute approximate surface area is 151 Å². The van der Waals surface area contributed by atoms with E-state index in [0.717, 1.165) is 24.0 Å². The second kappa shape index (κ2) is 8.14. The first kappa shape index (κ1) is 17.5. The summed E-state index contributed by atoms with van der Waals surface area (Å²) in [6, 6.07) is 16.0. The van der Waals surface area contributed by atoms with E-state index in [0.29, 0.717) is 5.02 Å². The summed E-state index contributed by atoms with van der Waals surface area (Å²) >= 11 is 5.84. The van der Waals surface area contributed by atoms with Crippen molar-refractivity contribution in [3.8, 4) is 0 Å². The summed E-state index contributed by atoms with van der Waals surface area (Å²) in [5.74, 6) is -0.358. The number of benzene rings is 2. The third-order valence-electron chi connectivity index (χ3n) is 3.95. The monoisotopic (exact) mass is 357 g/mol. The van der Waals surface area contributed by atoms with Crippen LogP contribution in [0.2, 0.25) is 5.02 Å². The third kappa shape index (κ3) is 5.31. The molecule has 3 N–H and O–H groups in total. The summed E-state index contributed by atoms with van der Waals surface area (Å²) in [6.45, 7) is 0. The zero-order valence-electron chi connectivity index (χ0n) is 13.7. The Balaban J connectivity index is 1.60. The van der Waals surface area contributed by atoms with Crippen molar-refractivity contribution in [3.05, 3.63) is 70.7 Å². The number of hydrogen-bond donors (Lipinski definition) is 3. The number of amides is 2. The van der Waals surface area contributed by atoms with Gasteiger partial charge in [0.25, 0.3) is 0 Å². The van der Waals surface area contributed by atoms with Crippen LogP contribution in [0.5, 0.6) is 0 Å². The number of rotatable bonds is 7. The van der Waals surface area contributed by atoms with Crippen molar-refractivity contribution in [1.82, 2.24) is 16.2 Å². The lowest BCUT2D eigenvalue weighted by atomic mass is 10.1. The maximum atomic E-state index is 12.5. The van der Waals surface area contributed by atoms with Crippen LogP contribution in [-0.4, -0.2) is 17.9 Å². The second-order valence-corrected chi connectivity index (χ2v) is 6.56. The van der Waals surface area contributed by atoms with Gasteiger partial charge in [0.05, 0.1) is 6.42 Å². The Morgan fingerprint density at radius 2 is 1.72 bits per heavy atom. The average molecular weight is 358 g/mol. The summed E-state index contributed by atoms with van der Waals surface area (Å²) in [4.78, 5) is 24.6. The quantitative estimate of drug-likeness (QED) is 0.667. The fourth-order valence-corrected chi connectivity index (χ4v) is 2.57. The fraction of sp³-hybridized carbons (Fsp3) is 0.263. The lowest BCUT2D eigenvalue weighted by Gasteiger charge is -2.19. The predicted octanol–water partition coefficient (Wildman–Crippen LogP) is 2.52. The van der Waals surface area contributed by atoms with Crippen LogP contribution in [-0.2, 0) is 16.0 Å². The summed E-state index contributed by atoms with van der Waals surface area (Å²) in [5, 5.41) is 3.59. The molecular formula is C19H20ClN3O2. The molecule has 1 aliphatic rings. The number of halogens is 1. The largest absolute Gasteiger partial charge is 0.352 e. The molecule has 0 radical (unpaired) electrons. The molecule has 1 aliphatic carbocycles. The van der Waals surface area contributed by atoms with E-state index in [4.69, 9.17) is 11.6 Å². The minimum atomic E-state index is -0.629. The van der Waals surface area contributed by atoms with Gasteiger partial charge in [0.1, 0.15) is 6.04 Å². The molecule has 3 rings (SSSR count). The van der Waals surface area contributed by atoms with Gasteiger partial charge in [-0.3, -0.25) is 15.0 Å². The normalized spacial score (nSPS) is 14.6. The molecule has 0 aromatic heterocycles. The molecule has 2 amide bonds. The van der Waals surface area contributed by atoms with Crippen molar-refractivity contribution in [3.63, 3.8) is 0 Å². The van der Waals surface area contributed by atoms with Crippen LogP contribution in [0.15, 0.2) is 54.6 Å². The Hall–Kier alpha value is -2.37. The molecule has 0 saturated heterocycles. The van der Waals surface area contributed by atoms with Gasteiger partial charge in [-0.15, -0.1) is 0 Å². The van der Waals surface area contributed by atoms with Crippen LogP contribution in [0, 0.1) is 0 Å². The summed E-state index contributed by atoms with van der Waals surface area (Å²) in [7, 11) is 0. The molecule has 0 heterocycles. The van der Waals surface area contributed by atoms with Crippen molar-refractivity contribution >= 4 is 23.4 Å². The van der Waals surface area contributed by atoms with Gasteiger partial charge in [0, 0.05) is 11.1 Å². The maximum absolute atomic E-state index is 12.5. The zero-order valence-corrected chi connectivity index (χ0v) is 14.4. The first-order chi connectivity index (χ1) is 12.1. The van der Waals surface area contributed by atoms with Crippen LogP contribution in [0.25, 0.3) is 0 Å². The number of hydrazine groups is 1. The van der Waals surface area contributed by atoms with Crippen LogP contribution >= 0.6 is 11.6 Å². The van der Waals surface area contributed by atoms with Gasteiger partial charge < -0.3 is 5.32 Å². The standard InChI is InChI=1S/C19H20ClN3O2/c20-15-8-6-13(7-9-15)12-17(24)22-23-18(14-4-2-1-3-5-14)19(25)21-16-10-11-16/h1-9,16,18,23H,10-12H2,(H,21,25)(H,22,24)/t18-/m0/s1. The van der Waals surface area contributed by atoms with E-state index in [1.54, 1.807) is 24.3 Å². The van der Waals surface area contributed by atoms with Crippen molar-refractivity contribution in [2.75, 3.05) is 0 Å². The molecule has 2 aromatic rings. The highest BCUT2D eigenvalue weighted by molar-refractivity contribution is 6.30. The molecule has 0 aliphatic heterocycles. The van der Waals surface area contributed by atoms with E-state index in [1.165, 1.54) is 0 Å². The van der Waals surface area contributed by atoms with Gasteiger partial charge in [-0.1, -0.05) is 54.1 Å². The van der Waals surface area contributed by atoms with Crippen LogP contribution in [0.4, 0.5) is 0 Å². The number of carbonyl (C=O) groups excluding carboxylic acids is 2. The van der Waals surface area contributed by atoms with Crippen molar-refractivity contribution in [2.24, 2.45) is 0 Å². The highest BCUT2D eigenvalue weighted by Gasteiger charge is 2.28. The third-order valence-corrected chi connectivity index (χ3v) is 4.20. The van der Waals surface area contributed by atoms with Gasteiger partial charge in [0.15, 0.2) is 0 Å². The Kier molecular flexibility index (Phi) is 5.68. The molecule has 0 bridgehead atoms. The van der Waals surface area contributed by atoms with Gasteiger partial charge in [-0.05, 0) is 36.1 Å². The predicted molar refractivity (Wildman–Crippen MR) is 96.8 cm³/mol. The van der Waals surface area contributed by atoms with Gasteiger partial charge in [-0.2, -0.15) is 0 Å². The molecule has 1 atom stereocenters. The molecule has 1 saturated carbocycles. The summed E-state index contributed by atoms with van der Waals surface area (Å²) in [6.07, 6.45) is 2.22. The first-order valence-electron chi connectivity index (χ1n) is 8.26. The first-order valence-corrected chi connectivity index (χ1v) is 8.64. The Morgan fingerprint density at radius 3 is 2.36 bits per heavy atom. The smallest absolute Gasteiger partial charge is 0.243 e. The van der Waals surface area contributed by atoms with E-state index < -0.39 is 6.04 Å². The SMILES string of the molecule is O=C(Cc1ccc(Cl)cc1)NN[C@H](C(=O)NC1CC1)c1ccccc1. The highest BCUT2D eigenvalue weighted by Crippen LogP contribution is 2.21. The van der Waals surface area contributed by atoms with Crippen molar-refractivity contribution in [1.29, 1.82) is 0 Å². The van der Waals surface area contributed by atoms with Crippen molar-refractivity contribution < 1.29 is 9.59 Å². The molecule has 5 nitrogen and oxygen atoms in total. The molecule has 2 aromatic carbocycles. The van der Waals surface area contributed by atoms with E-state index in [2.05, 4.69) is 16.2 Å². The zero-order chi connectivity index (χ0) is 17.6. The fourth-order valence-electron chi connectivity index (χ4n) is 2.44. The van der Waals surface area contributed by atoms with Crippen LogP contribution < -0.4 is 16.2 Å². The van der Waals surface area contributed by atoms with E-state index >= 15 is 0 Å². The molecule has 0 unspecified atom stereocenters. The molecular weight excluding hydrogens is 338 g/mol. The van der Waals surface area contributed by atoms with E-state index in [9.17, 15) is 9.59 Å². The highest BCUT2D eigenvalue weighted by atomic mass is 35.5. The summed E-state index contributed by atoms with van der Waals surface area (Å²) < 4.78 is 0. The number of nitrogens with one attached hydrogen (secondary N) is 3. The average Bonchev–Trinajstić information content (AvgIpc) is 3.42. The topological polar surface area (TPSA) is 70.2 Å². The Bertz CT molecular complexity index is 730. The van der Waals surface area contributed by atoms with Gasteiger partial charge in [0.2, 0.25) is 11.8 Å². The maximum Gasteiger partial charge on any atom is 0.243 e. The number of carbonyl (C=O) groups is 2. The Morgan fingerprint density at radius 1 is 1.04 bits per heavy atom. The van der Waals surface area contributed by atoms with Crippen LogP contribution in [0.3, 0.4) is 0 Å². The minimum absolute atomic E-state index is 0.138. The molecule has 0 spiro atoms. The van der Waals surface area contributed by atoms with Gasteiger partial charge in [-0.25, -0.2) is 5.43 Å². The number of hydrogen-bond acceptors (Lipinski definition) is 3. The van der Waals surface area contributed by atoms with Crippen molar-refractivity contribution in [2.45, 2.75) is 31.3 Å². The lowest BCUT2D eigenvalue weighted by Crippen LogP contribution is -2.47. The summed E-state index contributed by atoms with van der Waals surface area (Å²) in [5.41, 5.74) is 7.15. The van der Waals surface area contributed by atoms with Crippen LogP contribution in [0.1, 0.15) is 30.0 Å². The van der Waals surface area contributed by atoms with E-state index in [1.807, 2.05) is 30.3 Å². The molecule has 130 valence electrons. The second-order valence-electron chi connectivity index (χ2n) is 6.12. The molecule has 6 heteroatoms.